The maximum Gasteiger partial charge on any atom is 0.245 e. The normalized spacial score (nSPS) is 16.3. The Morgan fingerprint density at radius 1 is 1.00 bits per heavy atom. The molecule has 5 heteroatoms. The average Bonchev–Trinajstić information content (AvgIpc) is 2.80. The predicted molar refractivity (Wildman–Crippen MR) is 126 cm³/mol. The van der Waals surface area contributed by atoms with Crippen molar-refractivity contribution in [2.45, 2.75) is 64.3 Å². The number of nitrogens with zero attached hydrogens (tertiary/aromatic N) is 1. The Labute approximate surface area is 191 Å². The van der Waals surface area contributed by atoms with Crippen molar-refractivity contribution >= 4 is 17.6 Å². The molecule has 32 heavy (non-hydrogen) atoms. The van der Waals surface area contributed by atoms with Crippen molar-refractivity contribution in [3.8, 4) is 0 Å². The highest BCUT2D eigenvalue weighted by atomic mass is 16.2. The van der Waals surface area contributed by atoms with Gasteiger partial charge in [-0.25, -0.2) is 0 Å². The molecule has 1 fully saturated rings. The molecule has 1 aliphatic heterocycles. The van der Waals surface area contributed by atoms with Crippen molar-refractivity contribution in [1.29, 1.82) is 0 Å². The lowest BCUT2D eigenvalue weighted by Gasteiger charge is -2.42. The summed E-state index contributed by atoms with van der Waals surface area (Å²) in [5.74, 6) is -0.0361. The Morgan fingerprint density at radius 3 is 2.19 bits per heavy atom. The number of amides is 2. The Kier molecular flexibility index (Phi) is 7.84. The van der Waals surface area contributed by atoms with Gasteiger partial charge >= 0.3 is 0 Å². The monoisotopic (exact) mass is 434 g/mol. The van der Waals surface area contributed by atoms with Crippen LogP contribution in [0.2, 0.25) is 0 Å². The molecule has 1 saturated heterocycles. The second kappa shape index (κ2) is 10.6. The molecule has 0 aliphatic carbocycles. The van der Waals surface area contributed by atoms with Crippen molar-refractivity contribution < 1.29 is 14.4 Å². The smallest absolute Gasteiger partial charge is 0.245 e. The van der Waals surface area contributed by atoms with E-state index in [1.54, 1.807) is 0 Å². The maximum atomic E-state index is 13.4. The molecular weight excluding hydrogens is 400 g/mol. The van der Waals surface area contributed by atoms with E-state index in [1.165, 1.54) is 6.92 Å². The van der Waals surface area contributed by atoms with Crippen molar-refractivity contribution in [3.05, 3.63) is 71.3 Å². The van der Waals surface area contributed by atoms with Gasteiger partial charge in [0.15, 0.2) is 0 Å². The summed E-state index contributed by atoms with van der Waals surface area (Å²) in [6.07, 6.45) is 3.04. The van der Waals surface area contributed by atoms with E-state index in [9.17, 15) is 14.4 Å². The van der Waals surface area contributed by atoms with Gasteiger partial charge in [0.25, 0.3) is 0 Å². The minimum atomic E-state index is -0.606. The molecule has 0 unspecified atom stereocenters. The first-order valence-corrected chi connectivity index (χ1v) is 11.6. The van der Waals surface area contributed by atoms with E-state index in [1.807, 2.05) is 73.3 Å². The van der Waals surface area contributed by atoms with E-state index in [0.29, 0.717) is 38.8 Å². The van der Waals surface area contributed by atoms with E-state index in [-0.39, 0.29) is 17.6 Å². The van der Waals surface area contributed by atoms with Crippen LogP contribution in [0.25, 0.3) is 0 Å². The van der Waals surface area contributed by atoms with Crippen molar-refractivity contribution in [3.63, 3.8) is 0 Å². The zero-order chi connectivity index (χ0) is 23.1. The lowest BCUT2D eigenvalue weighted by molar-refractivity contribution is -0.139. The number of likely N-dealkylation sites (tertiary alicyclic amines) is 1. The van der Waals surface area contributed by atoms with Gasteiger partial charge in [-0.15, -0.1) is 0 Å². The third-order valence-electron chi connectivity index (χ3n) is 6.50. The first-order chi connectivity index (χ1) is 15.4. The van der Waals surface area contributed by atoms with Crippen molar-refractivity contribution in [1.82, 2.24) is 10.2 Å². The van der Waals surface area contributed by atoms with E-state index in [2.05, 4.69) is 5.32 Å². The van der Waals surface area contributed by atoms with Gasteiger partial charge in [0.1, 0.15) is 11.8 Å². The third kappa shape index (κ3) is 5.45. The standard InChI is InChI=1S/C27H34N2O3/c1-4-8-25(31)27(23-9-6-5-7-10-23)15-17-29(18-16-27)26(32)24(28-21(3)30)19-22-13-11-20(2)12-14-22/h5-7,9-14,24H,4,8,15-19H2,1-3H3,(H,28,30)/t24-/m0/s1. The molecule has 0 radical (unpaired) electrons. The zero-order valence-electron chi connectivity index (χ0n) is 19.4. The van der Waals surface area contributed by atoms with E-state index >= 15 is 0 Å². The van der Waals surface area contributed by atoms with Crippen LogP contribution in [0, 0.1) is 6.92 Å². The molecule has 0 saturated carbocycles. The van der Waals surface area contributed by atoms with Crippen LogP contribution < -0.4 is 5.32 Å². The third-order valence-corrected chi connectivity index (χ3v) is 6.50. The number of benzene rings is 2. The fourth-order valence-electron chi connectivity index (χ4n) is 4.69. The number of carbonyl (C=O) groups excluding carboxylic acids is 3. The number of hydrogen-bond donors (Lipinski definition) is 1. The molecule has 2 aromatic carbocycles. The SMILES string of the molecule is CCCC(=O)C1(c2ccccc2)CCN(C(=O)[C@H](Cc2ccc(C)cc2)NC(C)=O)CC1. The molecular formula is C27H34N2O3. The molecule has 1 aliphatic rings. The molecule has 170 valence electrons. The maximum absolute atomic E-state index is 13.4. The Hall–Kier alpha value is -2.95. The van der Waals surface area contributed by atoms with Crippen LogP contribution >= 0.6 is 0 Å². The summed E-state index contributed by atoms with van der Waals surface area (Å²) in [7, 11) is 0. The van der Waals surface area contributed by atoms with Crippen LogP contribution in [-0.2, 0) is 26.2 Å². The van der Waals surface area contributed by atoms with Gasteiger partial charge in [-0.1, -0.05) is 67.1 Å². The summed E-state index contributed by atoms with van der Waals surface area (Å²) in [5.41, 5.74) is 2.68. The summed E-state index contributed by atoms with van der Waals surface area (Å²) >= 11 is 0. The Bertz CT molecular complexity index is 929. The zero-order valence-corrected chi connectivity index (χ0v) is 19.4. The first kappa shape index (κ1) is 23.7. The van der Waals surface area contributed by atoms with Crippen LogP contribution in [0.15, 0.2) is 54.6 Å². The van der Waals surface area contributed by atoms with Gasteiger partial charge < -0.3 is 10.2 Å². The molecule has 0 bridgehead atoms. The van der Waals surface area contributed by atoms with Crippen molar-refractivity contribution in [2.75, 3.05) is 13.1 Å². The number of rotatable bonds is 8. The van der Waals surface area contributed by atoms with E-state index < -0.39 is 11.5 Å². The Balaban J connectivity index is 1.76. The summed E-state index contributed by atoms with van der Waals surface area (Å²) < 4.78 is 0. The summed E-state index contributed by atoms with van der Waals surface area (Å²) in [6.45, 7) is 6.50. The highest BCUT2D eigenvalue weighted by molar-refractivity contribution is 5.91. The molecule has 5 nitrogen and oxygen atoms in total. The highest BCUT2D eigenvalue weighted by Crippen LogP contribution is 2.38. The van der Waals surface area contributed by atoms with E-state index in [0.717, 1.165) is 23.1 Å². The average molecular weight is 435 g/mol. The van der Waals surface area contributed by atoms with Crippen LogP contribution in [0.5, 0.6) is 0 Å². The fraction of sp³-hybridized carbons (Fsp3) is 0.444. The van der Waals surface area contributed by atoms with Crippen molar-refractivity contribution in [2.24, 2.45) is 0 Å². The Morgan fingerprint density at radius 2 is 1.62 bits per heavy atom. The fourth-order valence-corrected chi connectivity index (χ4v) is 4.69. The van der Waals surface area contributed by atoms with E-state index in [4.69, 9.17) is 0 Å². The second-order valence-electron chi connectivity index (χ2n) is 8.89. The quantitative estimate of drug-likeness (QED) is 0.684. The molecule has 2 amide bonds. The van der Waals surface area contributed by atoms with Gasteiger partial charge in [-0.2, -0.15) is 0 Å². The molecule has 3 rings (SSSR count). The van der Waals surface area contributed by atoms with Crippen LogP contribution in [0.1, 0.15) is 56.2 Å². The minimum Gasteiger partial charge on any atom is -0.344 e. The summed E-state index contributed by atoms with van der Waals surface area (Å²) in [4.78, 5) is 40.2. The number of ketones is 1. The largest absolute Gasteiger partial charge is 0.344 e. The molecule has 0 spiro atoms. The number of carbonyl (C=O) groups is 3. The molecule has 1 atom stereocenters. The van der Waals surface area contributed by atoms with Gasteiger partial charge in [0, 0.05) is 32.9 Å². The minimum absolute atomic E-state index is 0.0784. The van der Waals surface area contributed by atoms with Gasteiger partial charge in [0.05, 0.1) is 5.41 Å². The summed E-state index contributed by atoms with van der Waals surface area (Å²) in [6, 6.07) is 17.4. The lowest BCUT2D eigenvalue weighted by atomic mass is 9.68. The predicted octanol–water partition coefficient (Wildman–Crippen LogP) is 3.97. The van der Waals surface area contributed by atoms with Gasteiger partial charge in [-0.3, -0.25) is 14.4 Å². The van der Waals surface area contributed by atoms with Crippen LogP contribution in [0.4, 0.5) is 0 Å². The molecule has 2 aromatic rings. The summed E-state index contributed by atoms with van der Waals surface area (Å²) in [5, 5.41) is 2.84. The van der Waals surface area contributed by atoms with Crippen LogP contribution in [-0.4, -0.2) is 41.6 Å². The number of aryl methyl sites for hydroxylation is 1. The number of piperidine rings is 1. The number of nitrogens with one attached hydrogen (secondary N) is 1. The molecule has 1 N–H and O–H groups in total. The molecule has 1 heterocycles. The number of hydrogen-bond acceptors (Lipinski definition) is 3. The van der Waals surface area contributed by atoms with Gasteiger partial charge in [0.2, 0.25) is 11.8 Å². The highest BCUT2D eigenvalue weighted by Gasteiger charge is 2.43. The topological polar surface area (TPSA) is 66.5 Å². The second-order valence-corrected chi connectivity index (χ2v) is 8.89. The van der Waals surface area contributed by atoms with Crippen LogP contribution in [0.3, 0.4) is 0 Å². The lowest BCUT2D eigenvalue weighted by Crippen LogP contribution is -2.54. The number of Topliss-reactive ketones (excluding diaryl/α,β-unsaturated/α-hetero) is 1. The van der Waals surface area contributed by atoms with Gasteiger partial charge in [-0.05, 0) is 37.3 Å². The first-order valence-electron chi connectivity index (χ1n) is 11.6. The molecule has 0 aromatic heterocycles.